The molecular formula is C20H26N2O4S. The van der Waals surface area contributed by atoms with Crippen molar-refractivity contribution in [3.05, 3.63) is 29.8 Å². The van der Waals surface area contributed by atoms with Crippen LogP contribution >= 0.6 is 0 Å². The molecule has 2 fully saturated rings. The summed E-state index contributed by atoms with van der Waals surface area (Å²) in [5.41, 5.74) is 1.03. The van der Waals surface area contributed by atoms with Crippen LogP contribution in [0.3, 0.4) is 0 Å². The topological polar surface area (TPSA) is 74.8 Å². The van der Waals surface area contributed by atoms with Gasteiger partial charge in [0, 0.05) is 24.3 Å². The predicted octanol–water partition coefficient (Wildman–Crippen LogP) is 1.78. The average Bonchev–Trinajstić information content (AvgIpc) is 3.27. The van der Waals surface area contributed by atoms with E-state index in [1.54, 1.807) is 9.80 Å². The highest BCUT2D eigenvalue weighted by Gasteiger charge is 2.61. The number of fused-ring (bicyclic) bond motifs is 1. The summed E-state index contributed by atoms with van der Waals surface area (Å²) in [4.78, 5) is 30.3. The number of sulfone groups is 1. The maximum absolute atomic E-state index is 13.5. The smallest absolute Gasteiger partial charge is 0.242 e. The second kappa shape index (κ2) is 6.33. The van der Waals surface area contributed by atoms with Gasteiger partial charge < -0.3 is 9.80 Å². The zero-order valence-corrected chi connectivity index (χ0v) is 16.7. The number of benzene rings is 1. The molecule has 1 aromatic carbocycles. The molecule has 2 unspecified atom stereocenters. The Labute approximate surface area is 160 Å². The highest BCUT2D eigenvalue weighted by atomic mass is 32.2. The average molecular weight is 391 g/mol. The third kappa shape index (κ3) is 2.96. The van der Waals surface area contributed by atoms with Gasteiger partial charge in [-0.3, -0.25) is 9.59 Å². The zero-order chi connectivity index (χ0) is 19.4. The molecule has 0 radical (unpaired) electrons. The Hall–Kier alpha value is -1.89. The molecule has 0 N–H and O–H groups in total. The van der Waals surface area contributed by atoms with Crippen LogP contribution in [0.1, 0.15) is 38.7 Å². The van der Waals surface area contributed by atoms with Crippen molar-refractivity contribution in [2.24, 2.45) is 5.41 Å². The van der Waals surface area contributed by atoms with Gasteiger partial charge in [-0.1, -0.05) is 18.2 Å². The normalized spacial score (nSPS) is 27.3. The predicted molar refractivity (Wildman–Crippen MR) is 103 cm³/mol. The van der Waals surface area contributed by atoms with Crippen molar-refractivity contribution in [1.29, 1.82) is 0 Å². The minimum absolute atomic E-state index is 0.0137. The molecule has 0 aromatic heterocycles. The van der Waals surface area contributed by atoms with E-state index < -0.39 is 15.3 Å². The molecule has 0 bridgehead atoms. The van der Waals surface area contributed by atoms with E-state index in [4.69, 9.17) is 0 Å². The largest absolute Gasteiger partial charge is 0.338 e. The molecule has 7 heteroatoms. The quantitative estimate of drug-likeness (QED) is 0.735. The highest BCUT2D eigenvalue weighted by molar-refractivity contribution is 7.91. The minimum Gasteiger partial charge on any atom is -0.338 e. The second-order valence-corrected chi connectivity index (χ2v) is 10.3. The van der Waals surface area contributed by atoms with E-state index in [1.165, 1.54) is 0 Å². The number of amides is 2. The van der Waals surface area contributed by atoms with Crippen molar-refractivity contribution in [3.8, 4) is 0 Å². The molecule has 2 heterocycles. The van der Waals surface area contributed by atoms with Crippen LogP contribution in [0.15, 0.2) is 24.3 Å². The third-order valence-corrected chi connectivity index (χ3v) is 8.00. The summed E-state index contributed by atoms with van der Waals surface area (Å²) in [6, 6.07) is 7.58. The Bertz CT molecular complexity index is 891. The lowest BCUT2D eigenvalue weighted by Gasteiger charge is -2.33. The fraction of sp³-hybridized carbons (Fsp3) is 0.600. The maximum atomic E-state index is 13.5. The zero-order valence-electron chi connectivity index (χ0n) is 15.8. The minimum atomic E-state index is -3.08. The van der Waals surface area contributed by atoms with Gasteiger partial charge in [-0.15, -0.1) is 0 Å². The first-order valence-electron chi connectivity index (χ1n) is 9.72. The van der Waals surface area contributed by atoms with E-state index >= 15 is 0 Å². The van der Waals surface area contributed by atoms with E-state index in [-0.39, 0.29) is 35.4 Å². The monoisotopic (exact) mass is 390 g/mol. The number of nitrogens with zero attached hydrogens (tertiary/aromatic N) is 2. The molecule has 2 aliphatic heterocycles. The maximum Gasteiger partial charge on any atom is 0.242 e. The Morgan fingerprint density at radius 3 is 2.56 bits per heavy atom. The van der Waals surface area contributed by atoms with Gasteiger partial charge >= 0.3 is 0 Å². The van der Waals surface area contributed by atoms with Gasteiger partial charge in [-0.05, 0) is 51.2 Å². The molecule has 1 saturated carbocycles. The Morgan fingerprint density at radius 2 is 1.96 bits per heavy atom. The first-order chi connectivity index (χ1) is 12.8. The van der Waals surface area contributed by atoms with E-state index in [0.717, 1.165) is 17.7 Å². The molecule has 1 aliphatic carbocycles. The molecule has 2 amide bonds. The summed E-state index contributed by atoms with van der Waals surface area (Å²) < 4.78 is 23.7. The van der Waals surface area contributed by atoms with Gasteiger partial charge in [-0.2, -0.15) is 0 Å². The van der Waals surface area contributed by atoms with Crippen molar-refractivity contribution in [2.45, 2.75) is 51.6 Å². The van der Waals surface area contributed by atoms with Gasteiger partial charge in [0.1, 0.15) is 5.41 Å². The summed E-state index contributed by atoms with van der Waals surface area (Å²) in [6.45, 7) is 4.30. The summed E-state index contributed by atoms with van der Waals surface area (Å²) >= 11 is 0. The van der Waals surface area contributed by atoms with Gasteiger partial charge in [0.25, 0.3) is 0 Å². The molecule has 27 heavy (non-hydrogen) atoms. The lowest BCUT2D eigenvalue weighted by molar-refractivity contribution is -0.144. The molecule has 2 atom stereocenters. The second-order valence-electron chi connectivity index (χ2n) is 8.09. The van der Waals surface area contributed by atoms with Gasteiger partial charge in [0.15, 0.2) is 9.84 Å². The molecule has 6 nitrogen and oxygen atoms in total. The first kappa shape index (κ1) is 18.5. The highest BCUT2D eigenvalue weighted by Crippen LogP contribution is 2.51. The first-order valence-corrected chi connectivity index (χ1v) is 11.5. The summed E-state index contributed by atoms with van der Waals surface area (Å²) in [7, 11) is -3.08. The Balaban J connectivity index is 1.60. The van der Waals surface area contributed by atoms with Crippen molar-refractivity contribution < 1.29 is 18.0 Å². The van der Waals surface area contributed by atoms with Gasteiger partial charge in [0.05, 0.1) is 11.5 Å². The van der Waals surface area contributed by atoms with E-state index in [9.17, 15) is 18.0 Å². The third-order valence-electron chi connectivity index (χ3n) is 6.25. The number of anilines is 1. The number of para-hydroxylation sites is 1. The van der Waals surface area contributed by atoms with Crippen LogP contribution in [0.2, 0.25) is 0 Å². The molecule has 146 valence electrons. The van der Waals surface area contributed by atoms with Gasteiger partial charge in [-0.25, -0.2) is 8.42 Å². The lowest BCUT2D eigenvalue weighted by atomic mass is 10.0. The summed E-state index contributed by atoms with van der Waals surface area (Å²) in [5, 5.41) is 0. The fourth-order valence-electron chi connectivity index (χ4n) is 4.61. The SMILES string of the molecule is CCN(C(=O)C1(C(=O)N2c3ccccc3CC2C)CC1)C1CCS(=O)(=O)C1. The van der Waals surface area contributed by atoms with Crippen molar-refractivity contribution in [3.63, 3.8) is 0 Å². The fourth-order valence-corrected chi connectivity index (χ4v) is 6.34. The van der Waals surface area contributed by atoms with E-state index in [2.05, 4.69) is 0 Å². The number of hydrogen-bond acceptors (Lipinski definition) is 4. The summed E-state index contributed by atoms with van der Waals surface area (Å²) in [6.07, 6.45) is 2.36. The molecule has 1 aromatic rings. The van der Waals surface area contributed by atoms with Crippen LogP contribution in [0.5, 0.6) is 0 Å². The van der Waals surface area contributed by atoms with Crippen LogP contribution in [-0.4, -0.2) is 55.3 Å². The molecule has 1 saturated heterocycles. The lowest BCUT2D eigenvalue weighted by Crippen LogP contribution is -2.51. The Kier molecular flexibility index (Phi) is 4.33. The number of carbonyl (C=O) groups is 2. The van der Waals surface area contributed by atoms with E-state index in [1.807, 2.05) is 38.1 Å². The summed E-state index contributed by atoms with van der Waals surface area (Å²) in [5.74, 6) is -0.170. The van der Waals surface area contributed by atoms with E-state index in [0.29, 0.717) is 25.8 Å². The van der Waals surface area contributed by atoms with Crippen LogP contribution in [-0.2, 0) is 25.8 Å². The van der Waals surface area contributed by atoms with Gasteiger partial charge in [0.2, 0.25) is 11.8 Å². The number of rotatable bonds is 4. The van der Waals surface area contributed by atoms with Crippen molar-refractivity contribution >= 4 is 27.3 Å². The number of hydrogen-bond donors (Lipinski definition) is 0. The molecule has 3 aliphatic rings. The molecule has 4 rings (SSSR count). The number of carbonyl (C=O) groups excluding carboxylic acids is 2. The Morgan fingerprint density at radius 1 is 1.26 bits per heavy atom. The van der Waals surface area contributed by atoms with Crippen molar-refractivity contribution in [1.82, 2.24) is 4.90 Å². The van der Waals surface area contributed by atoms with Crippen LogP contribution in [0, 0.1) is 5.41 Å². The van der Waals surface area contributed by atoms with Crippen LogP contribution < -0.4 is 4.90 Å². The van der Waals surface area contributed by atoms with Crippen LogP contribution in [0.4, 0.5) is 5.69 Å². The van der Waals surface area contributed by atoms with Crippen molar-refractivity contribution in [2.75, 3.05) is 23.0 Å². The standard InChI is InChI=1S/C20H26N2O4S/c1-3-21(16-8-11-27(25,26)13-16)18(23)20(9-10-20)19(24)22-14(2)12-15-6-4-5-7-17(15)22/h4-7,14,16H,3,8-13H2,1-2H3. The molecule has 0 spiro atoms. The van der Waals surface area contributed by atoms with Crippen LogP contribution in [0.25, 0.3) is 0 Å². The molecular weight excluding hydrogens is 364 g/mol.